The zero-order valence-corrected chi connectivity index (χ0v) is 14.3. The molecule has 0 bridgehead atoms. The largest absolute Gasteiger partial charge is 0.485 e. The standard InChI is InChI=1S/C16H21BrN2O2/c1-4-5-18-9-13-8-14(17)6-11(2)16(13)20-10-15-7-12(3)19-21-15/h6-8,18H,4-5,9-10H2,1-3H3. The highest BCUT2D eigenvalue weighted by atomic mass is 79.9. The molecule has 4 nitrogen and oxygen atoms in total. The first-order chi connectivity index (χ1) is 10.1. The molecule has 0 fully saturated rings. The molecule has 0 aliphatic rings. The van der Waals surface area contributed by atoms with E-state index in [1.807, 2.05) is 13.0 Å². The summed E-state index contributed by atoms with van der Waals surface area (Å²) < 4.78 is 12.2. The van der Waals surface area contributed by atoms with Gasteiger partial charge in [0, 0.05) is 22.6 Å². The number of aromatic nitrogens is 1. The Morgan fingerprint density at radius 1 is 1.29 bits per heavy atom. The predicted molar refractivity (Wildman–Crippen MR) is 86.4 cm³/mol. The van der Waals surface area contributed by atoms with Crippen molar-refractivity contribution in [3.8, 4) is 5.75 Å². The number of nitrogens with one attached hydrogen (secondary N) is 1. The van der Waals surface area contributed by atoms with Crippen molar-refractivity contribution in [1.29, 1.82) is 0 Å². The van der Waals surface area contributed by atoms with Crippen LogP contribution in [0.2, 0.25) is 0 Å². The Kier molecular flexibility index (Phi) is 5.82. The van der Waals surface area contributed by atoms with Gasteiger partial charge in [-0.25, -0.2) is 0 Å². The maximum atomic E-state index is 5.96. The number of hydrogen-bond acceptors (Lipinski definition) is 4. The van der Waals surface area contributed by atoms with Gasteiger partial charge in [0.15, 0.2) is 5.76 Å². The van der Waals surface area contributed by atoms with Crippen molar-refractivity contribution in [3.05, 3.63) is 45.3 Å². The van der Waals surface area contributed by atoms with Crippen LogP contribution in [0.4, 0.5) is 0 Å². The van der Waals surface area contributed by atoms with Crippen molar-refractivity contribution >= 4 is 15.9 Å². The molecule has 0 aliphatic carbocycles. The second kappa shape index (κ2) is 7.61. The van der Waals surface area contributed by atoms with Crippen LogP contribution >= 0.6 is 15.9 Å². The summed E-state index contributed by atoms with van der Waals surface area (Å²) in [5, 5.41) is 7.29. The Balaban J connectivity index is 2.12. The summed E-state index contributed by atoms with van der Waals surface area (Å²) in [5.74, 6) is 1.65. The van der Waals surface area contributed by atoms with Crippen LogP contribution in [0.1, 0.15) is 35.9 Å². The van der Waals surface area contributed by atoms with Gasteiger partial charge in [-0.3, -0.25) is 0 Å². The molecule has 2 aromatic rings. The van der Waals surface area contributed by atoms with Crippen molar-refractivity contribution in [2.45, 2.75) is 40.3 Å². The zero-order valence-electron chi connectivity index (χ0n) is 12.7. The van der Waals surface area contributed by atoms with Crippen LogP contribution in [0.3, 0.4) is 0 Å². The average Bonchev–Trinajstić information content (AvgIpc) is 2.83. The third-order valence-electron chi connectivity index (χ3n) is 3.09. The molecular formula is C16H21BrN2O2. The van der Waals surface area contributed by atoms with Crippen LogP contribution < -0.4 is 10.1 Å². The lowest BCUT2D eigenvalue weighted by molar-refractivity contribution is 0.245. The van der Waals surface area contributed by atoms with Gasteiger partial charge < -0.3 is 14.6 Å². The zero-order chi connectivity index (χ0) is 15.2. The first kappa shape index (κ1) is 16.0. The van der Waals surface area contributed by atoms with E-state index >= 15 is 0 Å². The number of halogens is 1. The van der Waals surface area contributed by atoms with Crippen molar-refractivity contribution < 1.29 is 9.26 Å². The Hall–Kier alpha value is -1.33. The second-order valence-electron chi connectivity index (χ2n) is 5.11. The van der Waals surface area contributed by atoms with E-state index in [4.69, 9.17) is 9.26 Å². The molecule has 0 aliphatic heterocycles. The van der Waals surface area contributed by atoms with Crippen LogP contribution in [0.5, 0.6) is 5.75 Å². The minimum atomic E-state index is 0.393. The Morgan fingerprint density at radius 3 is 2.76 bits per heavy atom. The molecule has 2 rings (SSSR count). The fourth-order valence-corrected chi connectivity index (χ4v) is 2.78. The van der Waals surface area contributed by atoms with E-state index in [-0.39, 0.29) is 0 Å². The van der Waals surface area contributed by atoms with Gasteiger partial charge in [-0.15, -0.1) is 0 Å². The van der Waals surface area contributed by atoms with Crippen LogP contribution in [-0.2, 0) is 13.2 Å². The summed E-state index contributed by atoms with van der Waals surface area (Å²) in [6, 6.07) is 6.05. The summed E-state index contributed by atoms with van der Waals surface area (Å²) in [6.45, 7) is 8.28. The van der Waals surface area contributed by atoms with Gasteiger partial charge in [-0.2, -0.15) is 0 Å². The Bertz CT molecular complexity index is 596. The molecular weight excluding hydrogens is 332 g/mol. The molecule has 0 atom stereocenters. The highest BCUT2D eigenvalue weighted by Gasteiger charge is 2.10. The number of hydrogen-bond donors (Lipinski definition) is 1. The van der Waals surface area contributed by atoms with Gasteiger partial charge in [-0.1, -0.05) is 28.0 Å². The van der Waals surface area contributed by atoms with E-state index in [0.29, 0.717) is 6.61 Å². The number of benzene rings is 1. The van der Waals surface area contributed by atoms with Crippen molar-refractivity contribution in [2.75, 3.05) is 6.54 Å². The van der Waals surface area contributed by atoms with E-state index in [1.165, 1.54) is 0 Å². The van der Waals surface area contributed by atoms with Gasteiger partial charge in [0.05, 0.1) is 5.69 Å². The summed E-state index contributed by atoms with van der Waals surface area (Å²) in [4.78, 5) is 0. The topological polar surface area (TPSA) is 47.3 Å². The Morgan fingerprint density at radius 2 is 2.10 bits per heavy atom. The van der Waals surface area contributed by atoms with Crippen molar-refractivity contribution in [2.24, 2.45) is 0 Å². The highest BCUT2D eigenvalue weighted by Crippen LogP contribution is 2.29. The normalized spacial score (nSPS) is 10.9. The van der Waals surface area contributed by atoms with Crippen LogP contribution in [-0.4, -0.2) is 11.7 Å². The SMILES string of the molecule is CCCNCc1cc(Br)cc(C)c1OCc1cc(C)no1. The van der Waals surface area contributed by atoms with Crippen LogP contribution in [0, 0.1) is 13.8 Å². The van der Waals surface area contributed by atoms with Crippen LogP contribution in [0.15, 0.2) is 27.2 Å². The fourth-order valence-electron chi connectivity index (χ4n) is 2.16. The van der Waals surface area contributed by atoms with E-state index in [9.17, 15) is 0 Å². The van der Waals surface area contributed by atoms with Gasteiger partial charge in [-0.05, 0) is 44.5 Å². The van der Waals surface area contributed by atoms with E-state index in [1.54, 1.807) is 0 Å². The summed E-state index contributed by atoms with van der Waals surface area (Å²) in [6.07, 6.45) is 1.11. The molecule has 1 heterocycles. The maximum absolute atomic E-state index is 5.96. The molecule has 0 radical (unpaired) electrons. The number of aryl methyl sites for hydroxylation is 2. The Labute approximate surface area is 134 Å². The van der Waals surface area contributed by atoms with Crippen molar-refractivity contribution in [1.82, 2.24) is 10.5 Å². The molecule has 0 saturated heterocycles. The van der Waals surface area contributed by atoms with Crippen LogP contribution in [0.25, 0.3) is 0 Å². The molecule has 114 valence electrons. The van der Waals surface area contributed by atoms with Crippen molar-refractivity contribution in [3.63, 3.8) is 0 Å². The molecule has 0 saturated carbocycles. The van der Waals surface area contributed by atoms with Gasteiger partial charge in [0.1, 0.15) is 12.4 Å². The lowest BCUT2D eigenvalue weighted by Crippen LogP contribution is -2.15. The predicted octanol–water partition coefficient (Wildman–Crippen LogP) is 4.13. The van der Waals surface area contributed by atoms with Gasteiger partial charge in [0.25, 0.3) is 0 Å². The number of nitrogens with zero attached hydrogens (tertiary/aromatic N) is 1. The third-order valence-corrected chi connectivity index (χ3v) is 3.55. The van der Waals surface area contributed by atoms with E-state index < -0.39 is 0 Å². The summed E-state index contributed by atoms with van der Waals surface area (Å²) >= 11 is 3.54. The quantitative estimate of drug-likeness (QED) is 0.761. The second-order valence-corrected chi connectivity index (χ2v) is 6.03. The first-order valence-electron chi connectivity index (χ1n) is 7.15. The molecule has 0 amide bonds. The highest BCUT2D eigenvalue weighted by molar-refractivity contribution is 9.10. The lowest BCUT2D eigenvalue weighted by atomic mass is 10.1. The molecule has 21 heavy (non-hydrogen) atoms. The molecule has 1 aromatic carbocycles. The molecule has 0 unspecified atom stereocenters. The molecule has 1 N–H and O–H groups in total. The molecule has 1 aromatic heterocycles. The smallest absolute Gasteiger partial charge is 0.174 e. The monoisotopic (exact) mass is 352 g/mol. The maximum Gasteiger partial charge on any atom is 0.174 e. The van der Waals surface area contributed by atoms with Gasteiger partial charge in [0.2, 0.25) is 0 Å². The molecule has 0 spiro atoms. The van der Waals surface area contributed by atoms with E-state index in [2.05, 4.69) is 52.4 Å². The third kappa shape index (κ3) is 4.58. The minimum Gasteiger partial charge on any atom is -0.485 e. The molecule has 5 heteroatoms. The van der Waals surface area contributed by atoms with E-state index in [0.717, 1.165) is 52.3 Å². The van der Waals surface area contributed by atoms with Gasteiger partial charge >= 0.3 is 0 Å². The summed E-state index contributed by atoms with van der Waals surface area (Å²) in [5.41, 5.74) is 3.12. The lowest BCUT2D eigenvalue weighted by Gasteiger charge is -2.14. The number of rotatable bonds is 7. The number of ether oxygens (including phenoxy) is 1. The minimum absolute atomic E-state index is 0.393. The first-order valence-corrected chi connectivity index (χ1v) is 7.94. The average molecular weight is 353 g/mol. The summed E-state index contributed by atoms with van der Waals surface area (Å²) in [7, 11) is 0. The fraction of sp³-hybridized carbons (Fsp3) is 0.438.